The number of hydrogen-bond donors (Lipinski definition) is 1. The molecule has 2 rings (SSSR count). The molecule has 9 heteroatoms. The predicted molar refractivity (Wildman–Crippen MR) is 91.4 cm³/mol. The number of aromatic nitrogens is 2. The van der Waals surface area contributed by atoms with Gasteiger partial charge in [0, 0.05) is 16.6 Å². The van der Waals surface area contributed by atoms with Crippen LogP contribution in [0, 0.1) is 0 Å². The Balaban J connectivity index is 2.38. The average Bonchev–Trinajstić information content (AvgIpc) is 2.49. The van der Waals surface area contributed by atoms with E-state index in [-0.39, 0.29) is 22.5 Å². The summed E-state index contributed by atoms with van der Waals surface area (Å²) in [6, 6.07) is 8.18. The van der Waals surface area contributed by atoms with Crippen molar-refractivity contribution in [2.75, 3.05) is 0 Å². The lowest BCUT2D eigenvalue weighted by atomic mass is 10.4. The summed E-state index contributed by atoms with van der Waals surface area (Å²) in [5.74, 6) is -0.419. The summed E-state index contributed by atoms with van der Waals surface area (Å²) < 4.78 is 26.7. The molecule has 0 atom stereocenters. The van der Waals surface area contributed by atoms with Crippen LogP contribution in [0.15, 0.2) is 55.6 Å². The Morgan fingerprint density at radius 3 is 2.42 bits per heavy atom. The number of carbonyl (C=O) groups is 1. The van der Waals surface area contributed by atoms with Crippen LogP contribution in [0.3, 0.4) is 0 Å². The van der Waals surface area contributed by atoms with Gasteiger partial charge >= 0.3 is 0 Å². The Hall–Kier alpha value is -2.00. The van der Waals surface area contributed by atoms with Gasteiger partial charge in [0.05, 0.1) is 4.90 Å². The maximum atomic E-state index is 12.6. The zero-order chi connectivity index (χ0) is 17.9. The van der Waals surface area contributed by atoms with Gasteiger partial charge in [0.1, 0.15) is 6.54 Å². The molecule has 0 saturated heterocycles. The maximum Gasteiger partial charge on any atom is 0.267 e. The molecule has 0 aliphatic carbocycles. The molecule has 7 nitrogen and oxygen atoms in total. The number of hydrogen-bond acceptors (Lipinski definition) is 5. The highest BCUT2D eigenvalue weighted by molar-refractivity contribution is 9.10. The second-order valence-corrected chi connectivity index (χ2v) is 8.16. The van der Waals surface area contributed by atoms with Crippen LogP contribution in [0.4, 0.5) is 0 Å². The van der Waals surface area contributed by atoms with E-state index in [2.05, 4.69) is 26.3 Å². The molecule has 0 fully saturated rings. The van der Waals surface area contributed by atoms with Crippen LogP contribution in [0.2, 0.25) is 0 Å². The molecule has 24 heavy (non-hydrogen) atoms. The molecule has 0 saturated carbocycles. The molecule has 1 aromatic heterocycles. The lowest BCUT2D eigenvalue weighted by Crippen LogP contribution is -2.37. The van der Waals surface area contributed by atoms with E-state index < -0.39 is 21.3 Å². The van der Waals surface area contributed by atoms with Crippen LogP contribution in [0.25, 0.3) is 0 Å². The highest BCUT2D eigenvalue weighted by Crippen LogP contribution is 2.20. The number of halogens is 1. The van der Waals surface area contributed by atoms with Crippen molar-refractivity contribution in [1.82, 2.24) is 15.1 Å². The third-order valence-corrected chi connectivity index (χ3v) is 5.17. The summed E-state index contributed by atoms with van der Waals surface area (Å²) in [6.07, 6.45) is 0. The summed E-state index contributed by atoms with van der Waals surface area (Å²) in [5.41, 5.74) is -0.552. The van der Waals surface area contributed by atoms with Gasteiger partial charge in [-0.3, -0.25) is 9.59 Å². The first-order valence-corrected chi connectivity index (χ1v) is 9.36. The second-order valence-electron chi connectivity index (χ2n) is 5.35. The lowest BCUT2D eigenvalue weighted by Gasteiger charge is -2.10. The number of nitrogens with zero attached hydrogens (tertiary/aromatic N) is 2. The number of benzene rings is 1. The summed E-state index contributed by atoms with van der Waals surface area (Å²) in [7, 11) is -3.88. The smallest absolute Gasteiger partial charge is 0.267 e. The fourth-order valence-electron chi connectivity index (χ4n) is 1.92. The Labute approximate surface area is 147 Å². The monoisotopic (exact) mass is 413 g/mol. The SMILES string of the molecule is CC(C)NC(=O)Cn1nc(S(=O)(=O)c2ccc(Br)cc2)ccc1=O. The molecular formula is C15H16BrN3O4S. The Morgan fingerprint density at radius 2 is 1.83 bits per heavy atom. The van der Waals surface area contributed by atoms with E-state index in [1.165, 1.54) is 12.1 Å². The van der Waals surface area contributed by atoms with Gasteiger partial charge in [-0.15, -0.1) is 0 Å². The van der Waals surface area contributed by atoms with Gasteiger partial charge in [-0.2, -0.15) is 5.10 Å². The van der Waals surface area contributed by atoms with Crippen molar-refractivity contribution in [1.29, 1.82) is 0 Å². The highest BCUT2D eigenvalue weighted by atomic mass is 79.9. The molecule has 0 spiro atoms. The van der Waals surface area contributed by atoms with E-state index in [9.17, 15) is 18.0 Å². The molecule has 0 radical (unpaired) electrons. The van der Waals surface area contributed by atoms with Gasteiger partial charge in [0.2, 0.25) is 15.7 Å². The summed E-state index contributed by atoms with van der Waals surface area (Å²) in [5, 5.41) is 6.16. The van der Waals surface area contributed by atoms with Crippen molar-refractivity contribution in [2.45, 2.75) is 36.4 Å². The molecule has 1 amide bonds. The largest absolute Gasteiger partial charge is 0.352 e. The molecule has 1 heterocycles. The zero-order valence-corrected chi connectivity index (χ0v) is 15.5. The number of amides is 1. The van der Waals surface area contributed by atoms with E-state index in [1.807, 2.05) is 0 Å². The Morgan fingerprint density at radius 1 is 1.21 bits per heavy atom. The maximum absolute atomic E-state index is 12.6. The molecule has 2 aromatic rings. The second kappa shape index (κ2) is 7.27. The van der Waals surface area contributed by atoms with Gasteiger partial charge in [-0.1, -0.05) is 15.9 Å². The molecule has 1 aromatic carbocycles. The van der Waals surface area contributed by atoms with Crippen LogP contribution in [0.1, 0.15) is 13.8 Å². The molecule has 0 aliphatic heterocycles. The fourth-order valence-corrected chi connectivity index (χ4v) is 3.38. The molecule has 0 unspecified atom stereocenters. The van der Waals surface area contributed by atoms with Crippen molar-refractivity contribution in [2.24, 2.45) is 0 Å². The summed E-state index contributed by atoms with van der Waals surface area (Å²) in [4.78, 5) is 23.6. The first-order valence-electron chi connectivity index (χ1n) is 7.08. The van der Waals surface area contributed by atoms with Crippen molar-refractivity contribution in [3.8, 4) is 0 Å². The topological polar surface area (TPSA) is 98.1 Å². The first-order chi connectivity index (χ1) is 11.2. The van der Waals surface area contributed by atoms with Crippen molar-refractivity contribution >= 4 is 31.7 Å². The van der Waals surface area contributed by atoms with Gasteiger partial charge in [0.25, 0.3) is 5.56 Å². The van der Waals surface area contributed by atoms with E-state index in [4.69, 9.17) is 0 Å². The molecule has 0 bridgehead atoms. The lowest BCUT2D eigenvalue weighted by molar-refractivity contribution is -0.122. The Kier molecular flexibility index (Phi) is 5.55. The molecule has 128 valence electrons. The first kappa shape index (κ1) is 18.3. The Bertz CT molecular complexity index is 905. The van der Waals surface area contributed by atoms with Gasteiger partial charge in [0.15, 0.2) is 5.03 Å². The zero-order valence-electron chi connectivity index (χ0n) is 13.1. The van der Waals surface area contributed by atoms with Crippen LogP contribution < -0.4 is 10.9 Å². The fraction of sp³-hybridized carbons (Fsp3) is 0.267. The average molecular weight is 414 g/mol. The quantitative estimate of drug-likeness (QED) is 0.797. The summed E-state index contributed by atoms with van der Waals surface area (Å²) in [6.45, 7) is 3.21. The van der Waals surface area contributed by atoms with Crippen molar-refractivity contribution in [3.63, 3.8) is 0 Å². The van der Waals surface area contributed by atoms with E-state index in [1.54, 1.807) is 26.0 Å². The van der Waals surface area contributed by atoms with Gasteiger partial charge in [-0.05, 0) is 44.2 Å². The highest BCUT2D eigenvalue weighted by Gasteiger charge is 2.21. The van der Waals surface area contributed by atoms with E-state index in [0.29, 0.717) is 0 Å². The number of carbonyl (C=O) groups excluding carboxylic acids is 1. The normalized spacial score (nSPS) is 11.5. The van der Waals surface area contributed by atoms with Crippen molar-refractivity contribution in [3.05, 3.63) is 51.2 Å². The predicted octanol–water partition coefficient (Wildman–Crippen LogP) is 1.36. The van der Waals surface area contributed by atoms with Crippen LogP contribution in [-0.4, -0.2) is 30.1 Å². The van der Waals surface area contributed by atoms with Crippen LogP contribution in [0.5, 0.6) is 0 Å². The van der Waals surface area contributed by atoms with Crippen LogP contribution >= 0.6 is 15.9 Å². The van der Waals surface area contributed by atoms with Gasteiger partial charge < -0.3 is 5.32 Å². The molecule has 1 N–H and O–H groups in total. The van der Waals surface area contributed by atoms with Gasteiger partial charge in [-0.25, -0.2) is 13.1 Å². The summed E-state index contributed by atoms with van der Waals surface area (Å²) >= 11 is 3.24. The standard InChI is InChI=1S/C15H16BrN3O4S/c1-10(2)17-13(20)9-19-15(21)8-7-14(18-19)24(22,23)12-5-3-11(16)4-6-12/h3-8,10H,9H2,1-2H3,(H,17,20). The van der Waals surface area contributed by atoms with Crippen LogP contribution in [-0.2, 0) is 21.2 Å². The minimum atomic E-state index is -3.88. The van der Waals surface area contributed by atoms with Crippen molar-refractivity contribution < 1.29 is 13.2 Å². The minimum absolute atomic E-state index is 0.0510. The van der Waals surface area contributed by atoms with E-state index >= 15 is 0 Å². The minimum Gasteiger partial charge on any atom is -0.352 e. The number of sulfone groups is 1. The van der Waals surface area contributed by atoms with E-state index in [0.717, 1.165) is 21.3 Å². The molecule has 0 aliphatic rings. The third kappa shape index (κ3) is 4.30. The number of nitrogens with one attached hydrogen (secondary N) is 1. The third-order valence-electron chi connectivity index (χ3n) is 2.98. The molecular weight excluding hydrogens is 398 g/mol. The number of rotatable bonds is 5.